The number of hydrogen-bond acceptors (Lipinski definition) is 4. The molecule has 0 aliphatic carbocycles. The van der Waals surface area contributed by atoms with Gasteiger partial charge in [-0.1, -0.05) is 0 Å². The molecule has 0 aromatic heterocycles. The molecule has 0 aliphatic heterocycles. The molecule has 14 heteroatoms. The summed E-state index contributed by atoms with van der Waals surface area (Å²) < 4.78 is 135. The van der Waals surface area contributed by atoms with Crippen LogP contribution in [0.4, 0.5) is 35.1 Å². The molecule has 5 nitrogen and oxygen atoms in total. The van der Waals surface area contributed by atoms with Gasteiger partial charge in [0.2, 0.25) is 0 Å². The van der Waals surface area contributed by atoms with Crippen LogP contribution in [0.25, 0.3) is 0 Å². The van der Waals surface area contributed by atoms with Crippen molar-refractivity contribution in [1.29, 1.82) is 0 Å². The summed E-state index contributed by atoms with van der Waals surface area (Å²) in [7, 11) is -6.77. The van der Waals surface area contributed by atoms with E-state index in [0.717, 1.165) is 0 Å². The molecule has 0 heterocycles. The lowest BCUT2D eigenvalue weighted by atomic mass is 10.2. The van der Waals surface area contributed by atoms with Gasteiger partial charge in [-0.2, -0.15) is 43.5 Å². The van der Waals surface area contributed by atoms with E-state index < -0.39 is 39.8 Å². The van der Waals surface area contributed by atoms with Crippen LogP contribution in [0, 0.1) is 0 Å². The number of alkyl halides is 8. The minimum atomic E-state index is -6.82. The Labute approximate surface area is 112 Å². The zero-order chi connectivity index (χ0) is 17.5. The Morgan fingerprint density at radius 3 is 1.57 bits per heavy atom. The fourth-order valence-corrected chi connectivity index (χ4v) is 1.09. The summed E-state index contributed by atoms with van der Waals surface area (Å²) in [6, 6.07) is 0. The SMILES string of the molecule is CC(C)OC(F)(F)C(F)(OC(F)(F)S(=O)(=O)O)C(F)(F)F. The fourth-order valence-electron chi connectivity index (χ4n) is 0.870. The van der Waals surface area contributed by atoms with Crippen LogP contribution in [0.15, 0.2) is 0 Å². The molecule has 0 aromatic carbocycles. The van der Waals surface area contributed by atoms with Crippen LogP contribution in [0.1, 0.15) is 13.8 Å². The molecule has 0 radical (unpaired) electrons. The smallest absolute Gasteiger partial charge is 0.313 e. The van der Waals surface area contributed by atoms with Crippen molar-refractivity contribution in [3.8, 4) is 0 Å². The third kappa shape index (κ3) is 4.14. The van der Waals surface area contributed by atoms with E-state index >= 15 is 0 Å². The van der Waals surface area contributed by atoms with Crippen molar-refractivity contribution >= 4 is 10.1 Å². The van der Waals surface area contributed by atoms with Crippen molar-refractivity contribution in [1.82, 2.24) is 0 Å². The highest BCUT2D eigenvalue weighted by Gasteiger charge is 2.78. The van der Waals surface area contributed by atoms with E-state index in [0.29, 0.717) is 13.8 Å². The predicted molar refractivity (Wildman–Crippen MR) is 48.6 cm³/mol. The minimum Gasteiger partial charge on any atom is -0.313 e. The molecular formula is C7H8F8O5S. The summed E-state index contributed by atoms with van der Waals surface area (Å²) in [5.41, 5.74) is -6.30. The average Bonchev–Trinajstić information content (AvgIpc) is 2.10. The second-order valence-electron chi connectivity index (χ2n) is 3.82. The first-order valence-electron chi connectivity index (χ1n) is 4.73. The standard InChI is InChI=1S/C7H8F8O5S/c1-3(2)19-6(12,13)4(8,5(9,10)11)20-7(14,15)21(16,17)18/h3H,1-2H3,(H,16,17,18). The third-order valence-electron chi connectivity index (χ3n) is 1.68. The zero-order valence-electron chi connectivity index (χ0n) is 10.1. The molecule has 0 bridgehead atoms. The average molecular weight is 356 g/mol. The van der Waals surface area contributed by atoms with Gasteiger partial charge in [0.1, 0.15) is 0 Å². The minimum absolute atomic E-state index is 0.714. The molecule has 0 saturated heterocycles. The second kappa shape index (κ2) is 5.48. The molecule has 1 unspecified atom stereocenters. The topological polar surface area (TPSA) is 72.8 Å². The van der Waals surface area contributed by atoms with E-state index in [9.17, 15) is 43.5 Å². The third-order valence-corrected chi connectivity index (χ3v) is 2.37. The van der Waals surface area contributed by atoms with E-state index in [-0.39, 0.29) is 0 Å². The summed E-state index contributed by atoms with van der Waals surface area (Å²) in [6.45, 7) is 1.43. The van der Waals surface area contributed by atoms with Gasteiger partial charge < -0.3 is 4.74 Å². The van der Waals surface area contributed by atoms with Gasteiger partial charge in [0.25, 0.3) is 0 Å². The second-order valence-corrected chi connectivity index (χ2v) is 5.24. The molecule has 1 atom stereocenters. The van der Waals surface area contributed by atoms with Crippen molar-refractivity contribution < 1.29 is 57.6 Å². The van der Waals surface area contributed by atoms with Crippen LogP contribution < -0.4 is 0 Å². The van der Waals surface area contributed by atoms with Gasteiger partial charge >= 0.3 is 33.7 Å². The van der Waals surface area contributed by atoms with E-state index in [4.69, 9.17) is 4.55 Å². The first kappa shape index (κ1) is 20.3. The highest BCUT2D eigenvalue weighted by atomic mass is 32.2. The van der Waals surface area contributed by atoms with Crippen molar-refractivity contribution in [3.63, 3.8) is 0 Å². The monoisotopic (exact) mass is 356 g/mol. The molecule has 0 spiro atoms. The molecule has 0 aromatic rings. The predicted octanol–water partition coefficient (Wildman–Crippen LogP) is 2.69. The maximum absolute atomic E-state index is 13.4. The molecule has 0 fully saturated rings. The van der Waals surface area contributed by atoms with Crippen molar-refractivity contribution in [2.45, 2.75) is 43.5 Å². The molecule has 1 N–H and O–H groups in total. The summed E-state index contributed by atoms with van der Waals surface area (Å²) in [4.78, 5) is 0. The van der Waals surface area contributed by atoms with Gasteiger partial charge in [-0.25, -0.2) is 0 Å². The lowest BCUT2D eigenvalue weighted by Crippen LogP contribution is -2.62. The molecule has 0 rings (SSSR count). The van der Waals surface area contributed by atoms with Crippen LogP contribution in [0.3, 0.4) is 0 Å². The first-order chi connectivity index (χ1) is 8.87. The Bertz CT molecular complexity index is 472. The van der Waals surface area contributed by atoms with E-state index in [1.807, 2.05) is 0 Å². The summed E-state index contributed by atoms with van der Waals surface area (Å²) in [6.07, 6.45) is -14.6. The lowest BCUT2D eigenvalue weighted by Gasteiger charge is -2.35. The van der Waals surface area contributed by atoms with Crippen molar-refractivity contribution in [3.05, 3.63) is 0 Å². The number of ether oxygens (including phenoxy) is 2. The van der Waals surface area contributed by atoms with Crippen LogP contribution in [-0.4, -0.2) is 42.7 Å². The largest absolute Gasteiger partial charge is 0.491 e. The summed E-state index contributed by atoms with van der Waals surface area (Å²) in [5, 5.41) is 0. The first-order valence-corrected chi connectivity index (χ1v) is 6.17. The summed E-state index contributed by atoms with van der Waals surface area (Å²) >= 11 is 0. The molecule has 0 aliphatic rings. The molecule has 0 amide bonds. The number of rotatable bonds is 6. The highest BCUT2D eigenvalue weighted by Crippen LogP contribution is 2.50. The normalized spacial score (nSPS) is 17.9. The van der Waals surface area contributed by atoms with Crippen molar-refractivity contribution in [2.24, 2.45) is 0 Å². The maximum atomic E-state index is 13.4. The lowest BCUT2D eigenvalue weighted by molar-refractivity contribution is -0.491. The Balaban J connectivity index is 5.93. The van der Waals surface area contributed by atoms with E-state index in [1.54, 1.807) is 0 Å². The fraction of sp³-hybridized carbons (Fsp3) is 1.00. The van der Waals surface area contributed by atoms with Gasteiger partial charge in [0, 0.05) is 0 Å². The van der Waals surface area contributed by atoms with Crippen molar-refractivity contribution in [2.75, 3.05) is 0 Å². The van der Waals surface area contributed by atoms with Gasteiger partial charge in [-0.15, -0.1) is 0 Å². The highest BCUT2D eigenvalue weighted by molar-refractivity contribution is 7.86. The van der Waals surface area contributed by atoms with Gasteiger partial charge in [-0.3, -0.25) is 9.29 Å². The quantitative estimate of drug-likeness (QED) is 0.585. The summed E-state index contributed by atoms with van der Waals surface area (Å²) in [5.74, 6) is -6.54. The van der Waals surface area contributed by atoms with Gasteiger partial charge in [0.15, 0.2) is 0 Å². The van der Waals surface area contributed by atoms with Crippen LogP contribution in [0.2, 0.25) is 0 Å². The molecular weight excluding hydrogens is 348 g/mol. The number of hydrogen-bond donors (Lipinski definition) is 1. The van der Waals surface area contributed by atoms with Crippen LogP contribution >= 0.6 is 0 Å². The van der Waals surface area contributed by atoms with Crippen LogP contribution in [0.5, 0.6) is 0 Å². The van der Waals surface area contributed by atoms with Gasteiger partial charge in [-0.05, 0) is 13.8 Å². The Hall–Kier alpha value is -0.730. The van der Waals surface area contributed by atoms with E-state index in [2.05, 4.69) is 9.47 Å². The molecule has 21 heavy (non-hydrogen) atoms. The zero-order valence-corrected chi connectivity index (χ0v) is 10.9. The molecule has 128 valence electrons. The van der Waals surface area contributed by atoms with Crippen LogP contribution in [-0.2, 0) is 19.6 Å². The Morgan fingerprint density at radius 1 is 0.952 bits per heavy atom. The number of halogens is 8. The van der Waals surface area contributed by atoms with E-state index in [1.165, 1.54) is 0 Å². The Kier molecular flexibility index (Phi) is 5.29. The maximum Gasteiger partial charge on any atom is 0.491 e. The molecule has 0 saturated carbocycles. The van der Waals surface area contributed by atoms with Gasteiger partial charge in [0.05, 0.1) is 6.10 Å². The Morgan fingerprint density at radius 2 is 1.33 bits per heavy atom.